The van der Waals surface area contributed by atoms with E-state index >= 15 is 0 Å². The fraction of sp³-hybridized carbons (Fsp3) is 0.952. The van der Waals surface area contributed by atoms with Crippen molar-refractivity contribution in [1.29, 1.82) is 0 Å². The summed E-state index contributed by atoms with van der Waals surface area (Å²) in [5.74, 6) is -2.26. The first-order valence-electron chi connectivity index (χ1n) is 31.2. The lowest BCUT2D eigenvalue weighted by atomic mass is 10.0. The fourth-order valence-corrected chi connectivity index (χ4v) is 9.54. The van der Waals surface area contributed by atoms with E-state index in [2.05, 4.69) is 13.8 Å². The van der Waals surface area contributed by atoms with Gasteiger partial charge in [-0.25, -0.2) is 0 Å². The van der Waals surface area contributed by atoms with Crippen LogP contribution in [0, 0.1) is 0 Å². The summed E-state index contributed by atoms with van der Waals surface area (Å²) >= 11 is 0. The second kappa shape index (κ2) is 54.5. The minimum atomic E-state index is -1.61. The zero-order valence-corrected chi connectivity index (χ0v) is 48.1. The number of aliphatic carboxylic acids is 1. The van der Waals surface area contributed by atoms with Gasteiger partial charge in [0.2, 0.25) is 0 Å². The molecule has 0 spiro atoms. The minimum Gasteiger partial charge on any atom is -0.545 e. The number of hydrogen-bond acceptors (Lipinski definition) is 8. The minimum absolute atomic E-state index is 0.153. The molecule has 0 saturated heterocycles. The molecule has 0 aliphatic heterocycles. The number of carboxylic acid groups (broad SMARTS) is 1. The summed E-state index contributed by atoms with van der Waals surface area (Å²) in [6.45, 7) is 4.79. The Balaban J connectivity index is 3.91. The molecule has 9 heteroatoms. The van der Waals surface area contributed by atoms with E-state index in [-0.39, 0.29) is 32.2 Å². The standard InChI is InChI=1S/C62H121NO8/c1-6-8-10-12-14-16-18-19-20-21-22-23-24-25-26-27-28-29-30-31-32-33-34-35-36-37-38-39-40-41-43-45-47-49-51-53-60(65)71-58(57-70-62(61(66)67)68-55-54-63(3,4)5)56-69-59(64)52-50-48-46-44-42-17-15-13-11-9-7-2/h58,62H,6-57H2,1-5H3. The summed E-state index contributed by atoms with van der Waals surface area (Å²) in [7, 11) is 5.93. The van der Waals surface area contributed by atoms with Gasteiger partial charge >= 0.3 is 11.9 Å². The van der Waals surface area contributed by atoms with Gasteiger partial charge in [0.15, 0.2) is 12.4 Å². The summed E-state index contributed by atoms with van der Waals surface area (Å²) in [4.78, 5) is 37.2. The van der Waals surface area contributed by atoms with E-state index in [0.29, 0.717) is 17.4 Å². The maximum absolute atomic E-state index is 12.8. The quantitative estimate of drug-likeness (QED) is 0.0256. The Morgan fingerprint density at radius 2 is 0.634 bits per heavy atom. The third-order valence-corrected chi connectivity index (χ3v) is 14.4. The number of unbranched alkanes of at least 4 members (excludes halogenated alkanes) is 44. The van der Waals surface area contributed by atoms with Crippen molar-refractivity contribution in [2.75, 3.05) is 47.5 Å². The van der Waals surface area contributed by atoms with Crippen molar-refractivity contribution in [3.8, 4) is 0 Å². The number of quaternary nitrogens is 1. The van der Waals surface area contributed by atoms with E-state index in [0.717, 1.165) is 38.5 Å². The van der Waals surface area contributed by atoms with Gasteiger partial charge in [0, 0.05) is 12.8 Å². The lowest BCUT2D eigenvalue weighted by Gasteiger charge is -2.26. The summed E-state index contributed by atoms with van der Waals surface area (Å²) in [6.07, 6.45) is 59.1. The Bertz CT molecular complexity index is 1130. The first-order chi connectivity index (χ1) is 34.6. The number of esters is 2. The van der Waals surface area contributed by atoms with Crippen LogP contribution in [0.25, 0.3) is 0 Å². The number of carboxylic acids is 1. The van der Waals surface area contributed by atoms with E-state index in [1.807, 2.05) is 21.1 Å². The molecule has 0 N–H and O–H groups in total. The van der Waals surface area contributed by atoms with Crippen molar-refractivity contribution < 1.29 is 42.9 Å². The predicted octanol–water partition coefficient (Wildman–Crippen LogP) is 17.0. The van der Waals surface area contributed by atoms with Gasteiger partial charge in [-0.15, -0.1) is 0 Å². The molecule has 0 heterocycles. The van der Waals surface area contributed by atoms with Crippen molar-refractivity contribution in [3.63, 3.8) is 0 Å². The molecule has 0 aliphatic rings. The van der Waals surface area contributed by atoms with Crippen LogP contribution in [0.15, 0.2) is 0 Å². The van der Waals surface area contributed by atoms with Crippen LogP contribution < -0.4 is 5.11 Å². The Labute approximate surface area is 441 Å². The highest BCUT2D eigenvalue weighted by molar-refractivity contribution is 5.70. The molecular weight excluding hydrogens is 887 g/mol. The number of likely N-dealkylation sites (N-methyl/N-ethyl adjacent to an activating group) is 1. The third-order valence-electron chi connectivity index (χ3n) is 14.4. The van der Waals surface area contributed by atoms with Gasteiger partial charge in [-0.05, 0) is 12.8 Å². The van der Waals surface area contributed by atoms with Crippen molar-refractivity contribution in [1.82, 2.24) is 0 Å². The van der Waals surface area contributed by atoms with Gasteiger partial charge < -0.3 is 33.3 Å². The van der Waals surface area contributed by atoms with E-state index in [1.165, 1.54) is 257 Å². The number of hydrogen-bond donors (Lipinski definition) is 0. The maximum Gasteiger partial charge on any atom is 0.306 e. The highest BCUT2D eigenvalue weighted by Gasteiger charge is 2.22. The summed E-state index contributed by atoms with van der Waals surface area (Å²) in [5.41, 5.74) is 0. The number of ether oxygens (including phenoxy) is 4. The smallest absolute Gasteiger partial charge is 0.306 e. The van der Waals surface area contributed by atoms with Crippen LogP contribution in [0.4, 0.5) is 0 Å². The van der Waals surface area contributed by atoms with Crippen molar-refractivity contribution in [2.45, 2.75) is 334 Å². The molecule has 0 saturated carbocycles. The molecule has 0 aromatic rings. The van der Waals surface area contributed by atoms with Crippen molar-refractivity contribution in [2.24, 2.45) is 0 Å². The van der Waals surface area contributed by atoms with Crippen LogP contribution in [-0.2, 0) is 33.3 Å². The average molecular weight is 1010 g/mol. The van der Waals surface area contributed by atoms with Crippen LogP contribution in [0.2, 0.25) is 0 Å². The highest BCUT2D eigenvalue weighted by atomic mass is 16.7. The molecule has 0 amide bonds. The van der Waals surface area contributed by atoms with Crippen molar-refractivity contribution >= 4 is 17.9 Å². The maximum atomic E-state index is 12.8. The molecule has 0 bridgehead atoms. The zero-order chi connectivity index (χ0) is 52.0. The summed E-state index contributed by atoms with van der Waals surface area (Å²) in [5, 5.41) is 11.7. The third kappa shape index (κ3) is 55.9. The topological polar surface area (TPSA) is 111 Å². The van der Waals surface area contributed by atoms with Crippen LogP contribution in [0.1, 0.15) is 322 Å². The number of nitrogens with zero attached hydrogens (tertiary/aromatic N) is 1. The van der Waals surface area contributed by atoms with E-state index < -0.39 is 24.3 Å². The molecule has 0 aromatic carbocycles. The highest BCUT2D eigenvalue weighted by Crippen LogP contribution is 2.19. The number of carbonyl (C=O) groups is 3. The summed E-state index contributed by atoms with van der Waals surface area (Å²) in [6, 6.07) is 0. The Hall–Kier alpha value is -1.71. The van der Waals surface area contributed by atoms with E-state index in [4.69, 9.17) is 18.9 Å². The predicted molar refractivity (Wildman–Crippen MR) is 297 cm³/mol. The average Bonchev–Trinajstić information content (AvgIpc) is 3.34. The second-order valence-corrected chi connectivity index (χ2v) is 22.7. The van der Waals surface area contributed by atoms with Gasteiger partial charge in [-0.3, -0.25) is 9.59 Å². The number of carbonyl (C=O) groups excluding carboxylic acids is 3. The number of rotatable bonds is 59. The van der Waals surface area contributed by atoms with Gasteiger partial charge in [-0.2, -0.15) is 0 Å². The van der Waals surface area contributed by atoms with Gasteiger partial charge in [0.05, 0.1) is 40.3 Å². The largest absolute Gasteiger partial charge is 0.545 e. The molecule has 0 aromatic heterocycles. The van der Waals surface area contributed by atoms with E-state index in [9.17, 15) is 19.5 Å². The molecule has 0 fully saturated rings. The molecule has 0 aliphatic carbocycles. The van der Waals surface area contributed by atoms with Gasteiger partial charge in [0.1, 0.15) is 13.2 Å². The SMILES string of the molecule is CCCCCCCCCCCCCCCCCCCCCCCCCCCCCCCCCCCCCC(=O)OC(COC(=O)CCCCCCCCCCCCC)COC(OCC[N+](C)(C)C)C(=O)[O-]. The Kier molecular flexibility index (Phi) is 53.2. The molecule has 71 heavy (non-hydrogen) atoms. The molecule has 0 radical (unpaired) electrons. The van der Waals surface area contributed by atoms with Crippen LogP contribution in [-0.4, -0.2) is 82.3 Å². The first-order valence-corrected chi connectivity index (χ1v) is 31.2. The first kappa shape index (κ1) is 69.3. The lowest BCUT2D eigenvalue weighted by molar-refractivity contribution is -0.870. The van der Waals surface area contributed by atoms with Gasteiger partial charge in [0.25, 0.3) is 0 Å². The molecule has 422 valence electrons. The van der Waals surface area contributed by atoms with E-state index in [1.54, 1.807) is 0 Å². The molecular formula is C62H121NO8. The van der Waals surface area contributed by atoms with Crippen LogP contribution in [0.3, 0.4) is 0 Å². The summed E-state index contributed by atoms with van der Waals surface area (Å²) < 4.78 is 22.7. The zero-order valence-electron chi connectivity index (χ0n) is 48.1. The molecule has 0 rings (SSSR count). The Morgan fingerprint density at radius 3 is 0.901 bits per heavy atom. The fourth-order valence-electron chi connectivity index (χ4n) is 9.54. The van der Waals surface area contributed by atoms with Crippen molar-refractivity contribution in [3.05, 3.63) is 0 Å². The normalized spacial score (nSPS) is 12.6. The van der Waals surface area contributed by atoms with Crippen LogP contribution >= 0.6 is 0 Å². The molecule has 2 unspecified atom stereocenters. The molecule has 9 nitrogen and oxygen atoms in total. The van der Waals surface area contributed by atoms with Gasteiger partial charge in [-0.1, -0.05) is 296 Å². The Morgan fingerprint density at radius 1 is 0.366 bits per heavy atom. The molecule has 2 atom stereocenters. The lowest BCUT2D eigenvalue weighted by Crippen LogP contribution is -2.44. The van der Waals surface area contributed by atoms with Crippen LogP contribution in [0.5, 0.6) is 0 Å². The second-order valence-electron chi connectivity index (χ2n) is 22.7. The monoisotopic (exact) mass is 1010 g/mol.